The summed E-state index contributed by atoms with van der Waals surface area (Å²) in [6.07, 6.45) is 3.85. The lowest BCUT2D eigenvalue weighted by molar-refractivity contribution is -0.117. The molecule has 0 bridgehead atoms. The maximum absolute atomic E-state index is 12.5. The van der Waals surface area contributed by atoms with Gasteiger partial charge in [0.05, 0.1) is 10.7 Å². The van der Waals surface area contributed by atoms with Gasteiger partial charge in [0.1, 0.15) is 6.54 Å². The minimum atomic E-state index is -0.563. The summed E-state index contributed by atoms with van der Waals surface area (Å²) in [6.45, 7) is -0.290. The number of benzene rings is 2. The van der Waals surface area contributed by atoms with Crippen LogP contribution in [-0.4, -0.2) is 31.5 Å². The second-order valence-electron chi connectivity index (χ2n) is 7.31. The SMILES string of the molecule is O=C(Cn1nnn(-c2ccccc2Cl)c1=O)Nc1ccc2c(c1)OC1(CCCC1)O2. The molecule has 1 fully saturated rings. The fraction of sp³-hybridized carbons (Fsp3) is 0.300. The molecule has 0 saturated heterocycles. The van der Waals surface area contributed by atoms with E-state index in [4.69, 9.17) is 21.1 Å². The summed E-state index contributed by atoms with van der Waals surface area (Å²) in [4.78, 5) is 25.0. The Morgan fingerprint density at radius 1 is 1.10 bits per heavy atom. The van der Waals surface area contributed by atoms with Crippen LogP contribution in [0.1, 0.15) is 25.7 Å². The number of hydrogen-bond donors (Lipinski definition) is 1. The van der Waals surface area contributed by atoms with Crippen molar-refractivity contribution in [2.24, 2.45) is 0 Å². The fourth-order valence-electron chi connectivity index (χ4n) is 3.77. The summed E-state index contributed by atoms with van der Waals surface area (Å²) in [5, 5.41) is 10.7. The molecular weight excluding hydrogens is 410 g/mol. The smallest absolute Gasteiger partial charge is 0.369 e. The number of anilines is 1. The summed E-state index contributed by atoms with van der Waals surface area (Å²) in [7, 11) is 0. The first kappa shape index (κ1) is 18.7. The van der Waals surface area contributed by atoms with Gasteiger partial charge in [0.2, 0.25) is 5.91 Å². The zero-order valence-electron chi connectivity index (χ0n) is 15.9. The van der Waals surface area contributed by atoms with Crippen molar-refractivity contribution in [2.45, 2.75) is 38.0 Å². The normalized spacial score (nSPS) is 16.2. The van der Waals surface area contributed by atoms with Gasteiger partial charge in [-0.1, -0.05) is 23.7 Å². The van der Waals surface area contributed by atoms with Crippen LogP contribution in [0.25, 0.3) is 5.69 Å². The number of tetrazole rings is 1. The number of hydrogen-bond acceptors (Lipinski definition) is 6. The van der Waals surface area contributed by atoms with E-state index in [1.54, 1.807) is 42.5 Å². The molecule has 1 amide bonds. The van der Waals surface area contributed by atoms with Gasteiger partial charge in [0.25, 0.3) is 5.79 Å². The van der Waals surface area contributed by atoms with Gasteiger partial charge in [0, 0.05) is 24.6 Å². The highest BCUT2D eigenvalue weighted by molar-refractivity contribution is 6.32. The molecule has 2 aromatic carbocycles. The van der Waals surface area contributed by atoms with Gasteiger partial charge in [0.15, 0.2) is 11.5 Å². The number of para-hydroxylation sites is 1. The van der Waals surface area contributed by atoms with Crippen LogP contribution in [0.15, 0.2) is 47.3 Å². The van der Waals surface area contributed by atoms with Crippen LogP contribution in [0, 0.1) is 0 Å². The topological polar surface area (TPSA) is 100 Å². The molecule has 2 aliphatic rings. The number of fused-ring (bicyclic) bond motifs is 1. The lowest BCUT2D eigenvalue weighted by Crippen LogP contribution is -2.34. The second-order valence-corrected chi connectivity index (χ2v) is 7.72. The van der Waals surface area contributed by atoms with E-state index in [9.17, 15) is 9.59 Å². The third-order valence-corrected chi connectivity index (χ3v) is 5.52. The molecule has 154 valence electrons. The van der Waals surface area contributed by atoms with Gasteiger partial charge in [-0.05, 0) is 47.5 Å². The molecule has 9 nitrogen and oxygen atoms in total. The van der Waals surface area contributed by atoms with E-state index in [1.165, 1.54) is 0 Å². The molecule has 30 heavy (non-hydrogen) atoms. The molecule has 5 rings (SSSR count). The molecule has 3 aromatic rings. The number of ether oxygens (including phenoxy) is 2. The Bertz CT molecular complexity index is 1180. The lowest BCUT2D eigenvalue weighted by atomic mass is 10.2. The number of aromatic nitrogens is 4. The van der Waals surface area contributed by atoms with Crippen molar-refractivity contribution < 1.29 is 14.3 Å². The molecule has 1 saturated carbocycles. The first-order valence-corrected chi connectivity index (χ1v) is 10.0. The Balaban J connectivity index is 1.29. The van der Waals surface area contributed by atoms with Crippen LogP contribution in [0.2, 0.25) is 5.02 Å². The first-order valence-electron chi connectivity index (χ1n) is 9.63. The average molecular weight is 428 g/mol. The molecule has 10 heteroatoms. The molecule has 0 atom stereocenters. The van der Waals surface area contributed by atoms with E-state index in [2.05, 4.69) is 15.7 Å². The van der Waals surface area contributed by atoms with Crippen molar-refractivity contribution in [1.29, 1.82) is 0 Å². The van der Waals surface area contributed by atoms with Gasteiger partial charge in [-0.3, -0.25) is 4.79 Å². The largest absolute Gasteiger partial charge is 0.448 e. The highest BCUT2D eigenvalue weighted by Crippen LogP contribution is 2.47. The van der Waals surface area contributed by atoms with Crippen LogP contribution in [0.3, 0.4) is 0 Å². The molecular formula is C20H18ClN5O4. The van der Waals surface area contributed by atoms with Crippen LogP contribution in [0.5, 0.6) is 11.5 Å². The summed E-state index contributed by atoms with van der Waals surface area (Å²) in [5.74, 6) is 0.304. The van der Waals surface area contributed by atoms with E-state index in [-0.39, 0.29) is 6.54 Å². The van der Waals surface area contributed by atoms with Crippen molar-refractivity contribution in [3.8, 4) is 17.2 Å². The average Bonchev–Trinajstić information content (AvgIpc) is 3.42. The van der Waals surface area contributed by atoms with Crippen LogP contribution in [0.4, 0.5) is 5.69 Å². The fourth-order valence-corrected chi connectivity index (χ4v) is 3.99. The molecule has 1 aliphatic carbocycles. The Hall–Kier alpha value is -3.33. The molecule has 0 radical (unpaired) electrons. The van der Waals surface area contributed by atoms with E-state index in [0.717, 1.165) is 35.0 Å². The van der Waals surface area contributed by atoms with Gasteiger partial charge in [-0.15, -0.1) is 0 Å². The maximum Gasteiger partial charge on any atom is 0.369 e. The minimum absolute atomic E-state index is 0.290. The molecule has 0 unspecified atom stereocenters. The number of carbonyl (C=O) groups is 1. The van der Waals surface area contributed by atoms with Crippen molar-refractivity contribution in [1.82, 2.24) is 19.8 Å². The highest BCUT2D eigenvalue weighted by atomic mass is 35.5. The number of rotatable bonds is 4. The van der Waals surface area contributed by atoms with E-state index in [0.29, 0.717) is 27.9 Å². The van der Waals surface area contributed by atoms with Crippen molar-refractivity contribution in [3.63, 3.8) is 0 Å². The van der Waals surface area contributed by atoms with Crippen LogP contribution >= 0.6 is 11.6 Å². The lowest BCUT2D eigenvalue weighted by Gasteiger charge is -2.21. The summed E-state index contributed by atoms with van der Waals surface area (Å²) < 4.78 is 14.0. The number of carbonyl (C=O) groups excluding carboxylic acids is 1. The number of halogens is 1. The summed E-state index contributed by atoms with van der Waals surface area (Å²) >= 11 is 6.11. The zero-order valence-corrected chi connectivity index (χ0v) is 16.6. The molecule has 1 N–H and O–H groups in total. The Morgan fingerprint density at radius 2 is 1.87 bits per heavy atom. The quantitative estimate of drug-likeness (QED) is 0.687. The Morgan fingerprint density at radius 3 is 2.67 bits per heavy atom. The standard InChI is InChI=1S/C20H18ClN5O4/c21-14-5-1-2-6-15(14)26-19(28)25(23-24-26)12-18(27)22-13-7-8-16-17(11-13)30-20(29-16)9-3-4-10-20/h1-2,5-8,11H,3-4,9-10,12H2,(H,22,27). The Kier molecular flexibility index (Phi) is 4.47. The summed E-state index contributed by atoms with van der Waals surface area (Å²) in [6, 6.07) is 12.0. The van der Waals surface area contributed by atoms with E-state index in [1.807, 2.05) is 0 Å². The first-order chi connectivity index (χ1) is 14.5. The molecule has 1 aliphatic heterocycles. The molecule has 1 aromatic heterocycles. The molecule has 1 spiro atoms. The predicted octanol–water partition coefficient (Wildman–Crippen LogP) is 2.76. The van der Waals surface area contributed by atoms with Crippen LogP contribution < -0.4 is 20.5 Å². The predicted molar refractivity (Wildman–Crippen MR) is 108 cm³/mol. The van der Waals surface area contributed by atoms with Crippen LogP contribution in [-0.2, 0) is 11.3 Å². The molecule has 2 heterocycles. The highest BCUT2D eigenvalue weighted by Gasteiger charge is 2.44. The maximum atomic E-state index is 12.5. The number of nitrogens with zero attached hydrogens (tertiary/aromatic N) is 4. The number of nitrogens with one attached hydrogen (secondary N) is 1. The summed E-state index contributed by atoms with van der Waals surface area (Å²) in [5.41, 5.74) is 0.378. The van der Waals surface area contributed by atoms with Crippen molar-refractivity contribution in [3.05, 3.63) is 58.0 Å². The second kappa shape index (κ2) is 7.17. The van der Waals surface area contributed by atoms with Crippen molar-refractivity contribution >= 4 is 23.2 Å². The zero-order chi connectivity index (χ0) is 20.7. The number of amides is 1. The Labute approximate surface area is 176 Å². The van der Waals surface area contributed by atoms with E-state index < -0.39 is 17.4 Å². The van der Waals surface area contributed by atoms with Gasteiger partial charge in [-0.2, -0.15) is 9.36 Å². The monoisotopic (exact) mass is 427 g/mol. The van der Waals surface area contributed by atoms with Gasteiger partial charge in [-0.25, -0.2) is 4.79 Å². The minimum Gasteiger partial charge on any atom is -0.448 e. The van der Waals surface area contributed by atoms with E-state index >= 15 is 0 Å². The van der Waals surface area contributed by atoms with Gasteiger partial charge < -0.3 is 14.8 Å². The third kappa shape index (κ3) is 3.30. The van der Waals surface area contributed by atoms with Gasteiger partial charge >= 0.3 is 5.69 Å². The third-order valence-electron chi connectivity index (χ3n) is 5.20. The van der Waals surface area contributed by atoms with Crippen molar-refractivity contribution in [2.75, 3.05) is 5.32 Å².